The number of benzene rings is 2. The van der Waals surface area contributed by atoms with Gasteiger partial charge in [-0.25, -0.2) is 12.7 Å². The molecule has 3 amide bonds. The first-order valence-corrected chi connectivity index (χ1v) is 14.6. The number of fused-ring (bicyclic) bond motifs is 1. The molecule has 0 aromatic heterocycles. The van der Waals surface area contributed by atoms with Crippen LogP contribution in [0.25, 0.3) is 0 Å². The summed E-state index contributed by atoms with van der Waals surface area (Å²) in [6.45, 7) is 2.19. The van der Waals surface area contributed by atoms with E-state index in [-0.39, 0.29) is 47.7 Å². The summed E-state index contributed by atoms with van der Waals surface area (Å²) in [5.74, 6) is -0.916. The molecule has 1 heterocycles. The maximum atomic E-state index is 13.4. The van der Waals surface area contributed by atoms with E-state index in [4.69, 9.17) is 0 Å². The Kier molecular flexibility index (Phi) is 8.63. The number of nitrogens with zero attached hydrogens (tertiary/aromatic N) is 2. The molecular weight excluding hydrogens is 490 g/mol. The van der Waals surface area contributed by atoms with E-state index in [9.17, 15) is 22.8 Å². The van der Waals surface area contributed by atoms with Crippen molar-refractivity contribution < 1.29 is 22.8 Å². The first-order valence-electron chi connectivity index (χ1n) is 13.1. The maximum Gasteiger partial charge on any atom is 0.269 e. The van der Waals surface area contributed by atoms with Crippen molar-refractivity contribution in [2.75, 3.05) is 13.1 Å². The molecule has 8 nitrogen and oxygen atoms in total. The van der Waals surface area contributed by atoms with Gasteiger partial charge in [-0.05, 0) is 49.8 Å². The molecule has 0 bridgehead atoms. The molecule has 2 aromatic carbocycles. The summed E-state index contributed by atoms with van der Waals surface area (Å²) in [6, 6.07) is 15.5. The molecule has 1 fully saturated rings. The van der Waals surface area contributed by atoms with Gasteiger partial charge in [0.05, 0.1) is 5.56 Å². The van der Waals surface area contributed by atoms with Crippen molar-refractivity contribution >= 4 is 27.7 Å². The maximum absolute atomic E-state index is 13.4. The summed E-state index contributed by atoms with van der Waals surface area (Å²) in [7, 11) is -3.91. The largest absolute Gasteiger partial charge is 0.352 e. The average Bonchev–Trinajstić information content (AvgIpc) is 3.47. The van der Waals surface area contributed by atoms with Gasteiger partial charge in [-0.2, -0.15) is 0 Å². The Labute approximate surface area is 219 Å². The molecule has 4 rings (SSSR count). The molecule has 9 heteroatoms. The van der Waals surface area contributed by atoms with E-state index in [1.165, 1.54) is 12.1 Å². The number of sulfonamides is 1. The Balaban J connectivity index is 1.43. The first-order chi connectivity index (χ1) is 17.8. The minimum atomic E-state index is -3.91. The number of hydrogen-bond acceptors (Lipinski definition) is 5. The highest BCUT2D eigenvalue weighted by Gasteiger charge is 2.40. The predicted octanol–water partition coefficient (Wildman–Crippen LogP) is 3.52. The van der Waals surface area contributed by atoms with Crippen molar-refractivity contribution in [2.24, 2.45) is 0 Å². The van der Waals surface area contributed by atoms with Crippen LogP contribution in [0.4, 0.5) is 0 Å². The molecule has 1 aliphatic carbocycles. The molecule has 1 atom stereocenters. The lowest BCUT2D eigenvalue weighted by Gasteiger charge is -2.31. The summed E-state index contributed by atoms with van der Waals surface area (Å²) in [5, 5.41) is 3.13. The molecule has 2 aliphatic rings. The monoisotopic (exact) mass is 525 g/mol. The van der Waals surface area contributed by atoms with Gasteiger partial charge in [-0.3, -0.25) is 14.4 Å². The van der Waals surface area contributed by atoms with E-state index in [0.717, 1.165) is 35.6 Å². The molecule has 37 heavy (non-hydrogen) atoms. The summed E-state index contributed by atoms with van der Waals surface area (Å²) >= 11 is 0. The van der Waals surface area contributed by atoms with E-state index < -0.39 is 22.0 Å². The fourth-order valence-electron chi connectivity index (χ4n) is 5.23. The SMILES string of the molecule is CC[C@H](C(=O)NC1CCCC1)N(CCc1ccccc1)C(=O)CCCN1C(=O)c2ccccc2S1(=O)=O. The van der Waals surface area contributed by atoms with Crippen LogP contribution >= 0.6 is 0 Å². The van der Waals surface area contributed by atoms with Crippen LogP contribution in [-0.4, -0.2) is 60.5 Å². The van der Waals surface area contributed by atoms with Crippen molar-refractivity contribution in [3.05, 3.63) is 65.7 Å². The highest BCUT2D eigenvalue weighted by Crippen LogP contribution is 2.30. The van der Waals surface area contributed by atoms with Crippen LogP contribution < -0.4 is 5.32 Å². The van der Waals surface area contributed by atoms with E-state index in [2.05, 4.69) is 5.32 Å². The third-order valence-corrected chi connectivity index (χ3v) is 9.08. The number of carbonyl (C=O) groups is 3. The Morgan fingerprint density at radius 2 is 1.73 bits per heavy atom. The standard InChI is InChI=1S/C28H35N3O5S/c1-2-24(27(33)29-22-13-6-7-14-22)30(20-18-21-11-4-3-5-12-21)26(32)17-10-19-31-28(34)23-15-8-9-16-25(23)37(31,35)36/h3-5,8-9,11-12,15-16,22,24H,2,6-7,10,13-14,17-20H2,1H3,(H,29,33)/t24-/m1/s1. The van der Waals surface area contributed by atoms with Crippen molar-refractivity contribution in [1.82, 2.24) is 14.5 Å². The number of amides is 3. The minimum Gasteiger partial charge on any atom is -0.352 e. The predicted molar refractivity (Wildman–Crippen MR) is 140 cm³/mol. The molecule has 0 unspecified atom stereocenters. The highest BCUT2D eigenvalue weighted by atomic mass is 32.2. The zero-order valence-corrected chi connectivity index (χ0v) is 22.1. The molecular formula is C28H35N3O5S. The molecule has 1 N–H and O–H groups in total. The van der Waals surface area contributed by atoms with Crippen LogP contribution in [0, 0.1) is 0 Å². The third kappa shape index (κ3) is 6.04. The molecule has 1 aliphatic heterocycles. The Morgan fingerprint density at radius 3 is 2.41 bits per heavy atom. The second kappa shape index (κ2) is 11.9. The number of carbonyl (C=O) groups excluding carboxylic acids is 3. The number of nitrogens with one attached hydrogen (secondary N) is 1. The second-order valence-corrected chi connectivity index (χ2v) is 11.5. The fraction of sp³-hybridized carbons (Fsp3) is 0.464. The Morgan fingerprint density at radius 1 is 1.05 bits per heavy atom. The van der Waals surface area contributed by atoms with E-state index in [0.29, 0.717) is 19.4 Å². The van der Waals surface area contributed by atoms with Gasteiger partial charge in [-0.1, -0.05) is 62.2 Å². The lowest BCUT2D eigenvalue weighted by Crippen LogP contribution is -2.52. The summed E-state index contributed by atoms with van der Waals surface area (Å²) in [5.41, 5.74) is 1.23. The van der Waals surface area contributed by atoms with Gasteiger partial charge in [0.1, 0.15) is 10.9 Å². The van der Waals surface area contributed by atoms with Crippen LogP contribution in [0.15, 0.2) is 59.5 Å². The highest BCUT2D eigenvalue weighted by molar-refractivity contribution is 7.90. The molecule has 198 valence electrons. The Hall–Kier alpha value is -3.20. The normalized spacial score (nSPS) is 17.4. The van der Waals surface area contributed by atoms with Crippen molar-refractivity contribution in [3.8, 4) is 0 Å². The van der Waals surface area contributed by atoms with Crippen molar-refractivity contribution in [3.63, 3.8) is 0 Å². The molecule has 0 spiro atoms. The third-order valence-electron chi connectivity index (χ3n) is 7.24. The first kappa shape index (κ1) is 26.9. The molecule has 2 aromatic rings. The summed E-state index contributed by atoms with van der Waals surface area (Å²) in [6.07, 6.45) is 5.42. The molecule has 1 saturated carbocycles. The zero-order valence-electron chi connectivity index (χ0n) is 21.3. The number of rotatable bonds is 11. The second-order valence-electron chi connectivity index (χ2n) is 9.72. The van der Waals surface area contributed by atoms with Crippen molar-refractivity contribution in [2.45, 2.75) is 75.3 Å². The fourth-order valence-corrected chi connectivity index (χ4v) is 6.84. The van der Waals surface area contributed by atoms with E-state index in [1.807, 2.05) is 37.3 Å². The van der Waals surface area contributed by atoms with Crippen LogP contribution in [0.5, 0.6) is 0 Å². The van der Waals surface area contributed by atoms with Crippen LogP contribution in [0.2, 0.25) is 0 Å². The van der Waals surface area contributed by atoms with Gasteiger partial charge in [0.15, 0.2) is 0 Å². The van der Waals surface area contributed by atoms with Gasteiger partial charge in [0.25, 0.3) is 15.9 Å². The van der Waals surface area contributed by atoms with Gasteiger partial charge >= 0.3 is 0 Å². The quantitative estimate of drug-likeness (QED) is 0.484. The Bertz CT molecular complexity index is 1230. The summed E-state index contributed by atoms with van der Waals surface area (Å²) < 4.78 is 26.5. The van der Waals surface area contributed by atoms with Gasteiger partial charge < -0.3 is 10.2 Å². The van der Waals surface area contributed by atoms with E-state index >= 15 is 0 Å². The van der Waals surface area contributed by atoms with Gasteiger partial charge in [0.2, 0.25) is 11.8 Å². The number of hydrogen-bond donors (Lipinski definition) is 1. The van der Waals surface area contributed by atoms with Gasteiger partial charge in [-0.15, -0.1) is 0 Å². The topological polar surface area (TPSA) is 104 Å². The zero-order chi connectivity index (χ0) is 26.4. The molecule has 0 saturated heterocycles. The lowest BCUT2D eigenvalue weighted by molar-refractivity contribution is -0.141. The van der Waals surface area contributed by atoms with Crippen molar-refractivity contribution in [1.29, 1.82) is 0 Å². The smallest absolute Gasteiger partial charge is 0.269 e. The van der Waals surface area contributed by atoms with E-state index in [1.54, 1.807) is 17.0 Å². The minimum absolute atomic E-state index is 0.00504. The molecule has 0 radical (unpaired) electrons. The van der Waals surface area contributed by atoms with Gasteiger partial charge in [0, 0.05) is 25.6 Å². The van der Waals surface area contributed by atoms with Crippen LogP contribution in [-0.2, 0) is 26.0 Å². The van der Waals surface area contributed by atoms with Crippen LogP contribution in [0.1, 0.15) is 67.8 Å². The summed E-state index contributed by atoms with van der Waals surface area (Å²) in [4.78, 5) is 40.9. The lowest BCUT2D eigenvalue weighted by atomic mass is 10.1. The average molecular weight is 526 g/mol. The van der Waals surface area contributed by atoms with Crippen LogP contribution in [0.3, 0.4) is 0 Å².